The molecule has 3 rings (SSSR count). The van der Waals surface area contributed by atoms with Crippen LogP contribution >= 0.6 is 0 Å². The Balaban J connectivity index is 1.65. The van der Waals surface area contributed by atoms with Crippen LogP contribution in [-0.2, 0) is 0 Å². The molecular weight excluding hydrogens is 285 g/mol. The molecule has 2 aromatic rings. The van der Waals surface area contributed by atoms with E-state index in [1.54, 1.807) is 24.3 Å². The fourth-order valence-electron chi connectivity index (χ4n) is 2.68. The molecule has 2 aromatic carbocycles. The van der Waals surface area contributed by atoms with Gasteiger partial charge < -0.3 is 9.80 Å². The molecule has 0 bridgehead atoms. The van der Waals surface area contributed by atoms with Crippen molar-refractivity contribution >= 4 is 17.1 Å². The summed E-state index contributed by atoms with van der Waals surface area (Å²) in [4.78, 5) is 14.6. The molecule has 0 N–H and O–H groups in total. The van der Waals surface area contributed by atoms with Gasteiger partial charge in [0.25, 0.3) is 5.69 Å². The van der Waals surface area contributed by atoms with E-state index in [0.717, 1.165) is 37.6 Å². The van der Waals surface area contributed by atoms with Gasteiger partial charge in [0.2, 0.25) is 0 Å². The zero-order valence-electron chi connectivity index (χ0n) is 12.0. The molecular formula is C16H16FN3O2. The van der Waals surface area contributed by atoms with Crippen molar-refractivity contribution in [2.75, 3.05) is 36.0 Å². The second kappa shape index (κ2) is 6.01. The number of hydrogen-bond acceptors (Lipinski definition) is 4. The average Bonchev–Trinajstić information content (AvgIpc) is 2.55. The molecule has 22 heavy (non-hydrogen) atoms. The highest BCUT2D eigenvalue weighted by Gasteiger charge is 2.18. The van der Waals surface area contributed by atoms with Crippen LogP contribution in [0, 0.1) is 15.9 Å². The van der Waals surface area contributed by atoms with Gasteiger partial charge in [0.15, 0.2) is 0 Å². The topological polar surface area (TPSA) is 49.6 Å². The summed E-state index contributed by atoms with van der Waals surface area (Å²) in [5.41, 5.74) is 1.97. The number of nitrogens with zero attached hydrogens (tertiary/aromatic N) is 3. The Morgan fingerprint density at radius 2 is 1.50 bits per heavy atom. The summed E-state index contributed by atoms with van der Waals surface area (Å²) in [7, 11) is 0. The van der Waals surface area contributed by atoms with Gasteiger partial charge in [-0.3, -0.25) is 10.1 Å². The van der Waals surface area contributed by atoms with Gasteiger partial charge in [0, 0.05) is 49.7 Å². The van der Waals surface area contributed by atoms with Crippen molar-refractivity contribution in [2.45, 2.75) is 0 Å². The highest BCUT2D eigenvalue weighted by molar-refractivity contribution is 5.54. The van der Waals surface area contributed by atoms with E-state index in [2.05, 4.69) is 9.80 Å². The number of nitro groups is 1. The third kappa shape index (κ3) is 3.00. The molecule has 0 unspecified atom stereocenters. The number of nitro benzene ring substituents is 1. The first kappa shape index (κ1) is 14.3. The summed E-state index contributed by atoms with van der Waals surface area (Å²) in [6.45, 7) is 3.18. The first-order valence-corrected chi connectivity index (χ1v) is 7.13. The standard InChI is InChI=1S/C16H16FN3O2/c17-13-2-1-3-16(12-13)19-10-8-18(9-11-19)14-4-6-15(7-5-14)20(21)22/h1-7,12H,8-11H2. The van der Waals surface area contributed by atoms with Crippen molar-refractivity contribution in [3.63, 3.8) is 0 Å². The molecule has 0 radical (unpaired) electrons. The number of rotatable bonds is 3. The van der Waals surface area contributed by atoms with Crippen molar-refractivity contribution < 1.29 is 9.31 Å². The van der Waals surface area contributed by atoms with Gasteiger partial charge >= 0.3 is 0 Å². The van der Waals surface area contributed by atoms with Crippen LogP contribution in [0.3, 0.4) is 0 Å². The van der Waals surface area contributed by atoms with E-state index in [4.69, 9.17) is 0 Å². The molecule has 6 heteroatoms. The lowest BCUT2D eigenvalue weighted by Gasteiger charge is -2.37. The monoisotopic (exact) mass is 301 g/mol. The van der Waals surface area contributed by atoms with Crippen LogP contribution in [0.5, 0.6) is 0 Å². The predicted molar refractivity (Wildman–Crippen MR) is 83.9 cm³/mol. The quantitative estimate of drug-likeness (QED) is 0.646. The van der Waals surface area contributed by atoms with Gasteiger partial charge in [-0.2, -0.15) is 0 Å². The molecule has 1 saturated heterocycles. The number of anilines is 2. The highest BCUT2D eigenvalue weighted by Crippen LogP contribution is 2.23. The predicted octanol–water partition coefficient (Wildman–Crippen LogP) is 3.06. The molecule has 1 heterocycles. The van der Waals surface area contributed by atoms with Gasteiger partial charge in [-0.25, -0.2) is 4.39 Å². The van der Waals surface area contributed by atoms with E-state index in [-0.39, 0.29) is 11.5 Å². The van der Waals surface area contributed by atoms with Gasteiger partial charge in [0.1, 0.15) is 5.82 Å². The highest BCUT2D eigenvalue weighted by atomic mass is 19.1. The smallest absolute Gasteiger partial charge is 0.269 e. The zero-order valence-corrected chi connectivity index (χ0v) is 12.0. The molecule has 0 aromatic heterocycles. The Morgan fingerprint density at radius 3 is 2.05 bits per heavy atom. The number of benzene rings is 2. The molecule has 5 nitrogen and oxygen atoms in total. The SMILES string of the molecule is O=[N+]([O-])c1ccc(N2CCN(c3cccc(F)c3)CC2)cc1. The Kier molecular flexibility index (Phi) is 3.91. The molecule has 114 valence electrons. The van der Waals surface area contributed by atoms with Gasteiger partial charge in [-0.1, -0.05) is 6.07 Å². The van der Waals surface area contributed by atoms with Crippen LogP contribution in [0.4, 0.5) is 21.5 Å². The summed E-state index contributed by atoms with van der Waals surface area (Å²) >= 11 is 0. The van der Waals surface area contributed by atoms with Crippen molar-refractivity contribution in [3.05, 3.63) is 64.5 Å². The fourth-order valence-corrected chi connectivity index (χ4v) is 2.68. The maximum atomic E-state index is 13.3. The Labute approximate surface area is 127 Å². The summed E-state index contributed by atoms with van der Waals surface area (Å²) < 4.78 is 13.3. The van der Waals surface area contributed by atoms with E-state index in [0.29, 0.717) is 0 Å². The largest absolute Gasteiger partial charge is 0.368 e. The lowest BCUT2D eigenvalue weighted by molar-refractivity contribution is -0.384. The molecule has 0 spiro atoms. The Bertz CT molecular complexity index is 667. The lowest BCUT2D eigenvalue weighted by atomic mass is 10.2. The van der Waals surface area contributed by atoms with E-state index in [1.807, 2.05) is 6.07 Å². The Hall–Kier alpha value is -2.63. The van der Waals surface area contributed by atoms with E-state index in [1.165, 1.54) is 18.2 Å². The molecule has 1 fully saturated rings. The first-order valence-electron chi connectivity index (χ1n) is 7.13. The van der Waals surface area contributed by atoms with Crippen molar-refractivity contribution in [1.82, 2.24) is 0 Å². The van der Waals surface area contributed by atoms with Crippen molar-refractivity contribution in [2.24, 2.45) is 0 Å². The maximum Gasteiger partial charge on any atom is 0.269 e. The van der Waals surface area contributed by atoms with E-state index >= 15 is 0 Å². The van der Waals surface area contributed by atoms with Crippen LogP contribution in [0.2, 0.25) is 0 Å². The van der Waals surface area contributed by atoms with Crippen LogP contribution in [0.1, 0.15) is 0 Å². The molecule has 0 aliphatic carbocycles. The second-order valence-electron chi connectivity index (χ2n) is 5.23. The minimum Gasteiger partial charge on any atom is -0.368 e. The zero-order chi connectivity index (χ0) is 15.5. The van der Waals surface area contributed by atoms with Gasteiger partial charge in [0.05, 0.1) is 4.92 Å². The lowest BCUT2D eigenvalue weighted by Crippen LogP contribution is -2.46. The number of halogens is 1. The molecule has 1 aliphatic rings. The normalized spacial score (nSPS) is 15.0. The fraction of sp³-hybridized carbons (Fsp3) is 0.250. The third-order valence-electron chi connectivity index (χ3n) is 3.88. The third-order valence-corrected chi connectivity index (χ3v) is 3.88. The van der Waals surface area contributed by atoms with Gasteiger partial charge in [-0.05, 0) is 30.3 Å². The average molecular weight is 301 g/mol. The minimum atomic E-state index is -0.397. The number of hydrogen-bond donors (Lipinski definition) is 0. The number of piperazine rings is 1. The summed E-state index contributed by atoms with van der Waals surface area (Å²) in [5.74, 6) is -0.227. The summed E-state index contributed by atoms with van der Waals surface area (Å²) in [6, 6.07) is 13.2. The van der Waals surface area contributed by atoms with Crippen molar-refractivity contribution in [3.8, 4) is 0 Å². The van der Waals surface area contributed by atoms with E-state index < -0.39 is 4.92 Å². The summed E-state index contributed by atoms with van der Waals surface area (Å²) in [5, 5.41) is 10.7. The number of non-ortho nitro benzene ring substituents is 1. The second-order valence-corrected chi connectivity index (χ2v) is 5.23. The van der Waals surface area contributed by atoms with Gasteiger partial charge in [-0.15, -0.1) is 0 Å². The summed E-state index contributed by atoms with van der Waals surface area (Å²) in [6.07, 6.45) is 0. The Morgan fingerprint density at radius 1 is 0.909 bits per heavy atom. The molecule has 0 saturated carbocycles. The molecule has 0 amide bonds. The van der Waals surface area contributed by atoms with Crippen LogP contribution in [0.15, 0.2) is 48.5 Å². The van der Waals surface area contributed by atoms with Crippen LogP contribution < -0.4 is 9.80 Å². The first-order chi connectivity index (χ1) is 10.6. The van der Waals surface area contributed by atoms with Crippen LogP contribution in [0.25, 0.3) is 0 Å². The van der Waals surface area contributed by atoms with E-state index in [9.17, 15) is 14.5 Å². The molecule has 1 aliphatic heterocycles. The van der Waals surface area contributed by atoms with Crippen LogP contribution in [-0.4, -0.2) is 31.1 Å². The molecule has 0 atom stereocenters. The minimum absolute atomic E-state index is 0.0992. The van der Waals surface area contributed by atoms with Crippen molar-refractivity contribution in [1.29, 1.82) is 0 Å². The maximum absolute atomic E-state index is 13.3.